The Morgan fingerprint density at radius 2 is 0.805 bits per heavy atom. The van der Waals surface area contributed by atoms with Crippen molar-refractivity contribution in [2.75, 3.05) is 52.6 Å². The molecule has 9 atom stereocenters. The minimum atomic E-state index is -2.20. The van der Waals surface area contributed by atoms with Crippen molar-refractivity contribution in [2.45, 2.75) is 261 Å². The minimum absolute atomic E-state index is 0.0408. The molecule has 0 aromatic rings. The van der Waals surface area contributed by atoms with Crippen molar-refractivity contribution >= 4 is 35.6 Å². The molecule has 4 amide bonds. The maximum atomic E-state index is 13.6. The summed E-state index contributed by atoms with van der Waals surface area (Å²) in [4.78, 5) is 79.4. The van der Waals surface area contributed by atoms with E-state index < -0.39 is 110 Å². The fraction of sp³-hybridized carbons (Fsp3) is 0.891. The van der Waals surface area contributed by atoms with Crippen LogP contribution in [-0.2, 0) is 38.2 Å². The lowest BCUT2D eigenvalue weighted by Gasteiger charge is -2.26. The van der Waals surface area contributed by atoms with Crippen LogP contribution in [0.15, 0.2) is 0 Å². The SMILES string of the molecule is CCCCCCCCCCCCCCOC(=O)CCC(NC(=O)CCC(=O)N(CCCNC(=O)[C@H](O)[C@@H](O)[C@H](O)[C@H](O)CO)CCCNC(=O)[C@H](O)[C@@H](O)[C@H](O)[C@H](O)CO)C(=O)OCCCCCCCCCCCCCC. The molecule has 0 heterocycles. The van der Waals surface area contributed by atoms with Crippen molar-refractivity contribution in [3.63, 3.8) is 0 Å². The highest BCUT2D eigenvalue weighted by molar-refractivity contribution is 5.88. The first-order valence-electron chi connectivity index (χ1n) is 29.1. The van der Waals surface area contributed by atoms with Gasteiger partial charge in [0.15, 0.2) is 12.2 Å². The molecule has 0 aliphatic heterocycles. The molecule has 0 spiro atoms. The normalized spacial score (nSPS) is 15.0. The number of rotatable bonds is 52. The lowest BCUT2D eigenvalue weighted by atomic mass is 10.0. The van der Waals surface area contributed by atoms with Crippen molar-refractivity contribution < 1.29 is 89.3 Å². The van der Waals surface area contributed by atoms with Gasteiger partial charge in [-0.25, -0.2) is 4.79 Å². The first kappa shape index (κ1) is 73.4. The molecule has 0 bridgehead atoms. The Kier molecular flexibility index (Phi) is 46.1. The van der Waals surface area contributed by atoms with Crippen molar-refractivity contribution in [1.29, 1.82) is 0 Å². The number of unbranched alkanes of at least 4 members (excludes halogenated alkanes) is 22. The molecule has 0 rings (SSSR count). The van der Waals surface area contributed by atoms with Gasteiger partial charge in [-0.1, -0.05) is 155 Å². The minimum Gasteiger partial charge on any atom is -0.466 e. The van der Waals surface area contributed by atoms with E-state index in [1.807, 2.05) is 0 Å². The van der Waals surface area contributed by atoms with Crippen LogP contribution in [0, 0.1) is 0 Å². The van der Waals surface area contributed by atoms with Gasteiger partial charge in [0.1, 0.15) is 42.7 Å². The zero-order valence-corrected chi connectivity index (χ0v) is 46.8. The van der Waals surface area contributed by atoms with Crippen LogP contribution in [0.4, 0.5) is 0 Å². The van der Waals surface area contributed by atoms with Crippen LogP contribution in [0.3, 0.4) is 0 Å². The third kappa shape index (κ3) is 37.1. The van der Waals surface area contributed by atoms with E-state index in [2.05, 4.69) is 29.8 Å². The van der Waals surface area contributed by atoms with E-state index in [1.165, 1.54) is 101 Å². The van der Waals surface area contributed by atoms with Crippen LogP contribution >= 0.6 is 0 Å². The van der Waals surface area contributed by atoms with Gasteiger partial charge in [0, 0.05) is 45.4 Å². The highest BCUT2D eigenvalue weighted by Gasteiger charge is 2.35. The Bertz CT molecular complexity index is 1480. The zero-order valence-electron chi connectivity index (χ0n) is 46.8. The maximum absolute atomic E-state index is 13.6. The van der Waals surface area contributed by atoms with Gasteiger partial charge < -0.3 is 81.4 Å². The Labute approximate surface area is 458 Å². The fourth-order valence-electron chi connectivity index (χ4n) is 8.46. The predicted molar refractivity (Wildman–Crippen MR) is 289 cm³/mol. The quantitative estimate of drug-likeness (QED) is 0.0307. The molecule has 0 saturated carbocycles. The zero-order chi connectivity index (χ0) is 57.6. The van der Waals surface area contributed by atoms with Crippen LogP contribution < -0.4 is 16.0 Å². The summed E-state index contributed by atoms with van der Waals surface area (Å²) in [5.74, 6) is -4.76. The van der Waals surface area contributed by atoms with E-state index >= 15 is 0 Å². The summed E-state index contributed by atoms with van der Waals surface area (Å²) in [5.41, 5.74) is 0. The second-order valence-electron chi connectivity index (χ2n) is 20.3. The van der Waals surface area contributed by atoms with Crippen molar-refractivity contribution in [2.24, 2.45) is 0 Å². The second kappa shape index (κ2) is 48.3. The summed E-state index contributed by atoms with van der Waals surface area (Å²) in [6.45, 7) is 2.38. The van der Waals surface area contributed by atoms with E-state index in [4.69, 9.17) is 19.7 Å². The number of carbonyl (C=O) groups excluding carboxylic acids is 6. The largest absolute Gasteiger partial charge is 0.466 e. The molecular formula is C55H104N4O18. The van der Waals surface area contributed by atoms with Gasteiger partial charge in [-0.15, -0.1) is 0 Å². The van der Waals surface area contributed by atoms with Crippen molar-refractivity contribution in [3.8, 4) is 0 Å². The third-order valence-corrected chi connectivity index (χ3v) is 13.5. The molecular weight excluding hydrogens is 1000 g/mol. The van der Waals surface area contributed by atoms with E-state index in [0.29, 0.717) is 12.8 Å². The Morgan fingerprint density at radius 1 is 0.442 bits per heavy atom. The van der Waals surface area contributed by atoms with E-state index in [-0.39, 0.29) is 71.5 Å². The molecule has 0 aromatic carbocycles. The number of nitrogens with one attached hydrogen (secondary N) is 3. The molecule has 0 fully saturated rings. The fourth-order valence-corrected chi connectivity index (χ4v) is 8.46. The number of hydrogen-bond donors (Lipinski definition) is 13. The smallest absolute Gasteiger partial charge is 0.328 e. The lowest BCUT2D eigenvalue weighted by Crippen LogP contribution is -2.52. The molecule has 22 heteroatoms. The third-order valence-electron chi connectivity index (χ3n) is 13.5. The van der Waals surface area contributed by atoms with Gasteiger partial charge in [-0.2, -0.15) is 0 Å². The average molecular weight is 1110 g/mol. The number of amides is 4. The average Bonchev–Trinajstić information content (AvgIpc) is 3.43. The maximum Gasteiger partial charge on any atom is 0.328 e. The summed E-state index contributed by atoms with van der Waals surface area (Å²) in [6.07, 6.45) is 10.0. The van der Waals surface area contributed by atoms with Crippen molar-refractivity contribution in [1.82, 2.24) is 20.9 Å². The van der Waals surface area contributed by atoms with Crippen LogP contribution in [0.1, 0.15) is 206 Å². The number of ether oxygens (including phenoxy) is 2. The van der Waals surface area contributed by atoms with Crippen LogP contribution in [0.5, 0.6) is 0 Å². The van der Waals surface area contributed by atoms with E-state index in [0.717, 1.165) is 44.9 Å². The number of carbonyl (C=O) groups is 6. The van der Waals surface area contributed by atoms with Crippen LogP contribution in [0.25, 0.3) is 0 Å². The highest BCUT2D eigenvalue weighted by atomic mass is 16.5. The van der Waals surface area contributed by atoms with Gasteiger partial charge in [-0.05, 0) is 32.1 Å². The van der Waals surface area contributed by atoms with Gasteiger partial charge >= 0.3 is 11.9 Å². The molecule has 22 nitrogen and oxygen atoms in total. The first-order valence-corrected chi connectivity index (χ1v) is 29.1. The summed E-state index contributed by atoms with van der Waals surface area (Å²) in [7, 11) is 0. The molecule has 0 saturated heterocycles. The number of aliphatic hydroxyl groups excluding tert-OH is 10. The van der Waals surface area contributed by atoms with Crippen LogP contribution in [-0.4, -0.2) is 199 Å². The summed E-state index contributed by atoms with van der Waals surface area (Å²) in [6, 6.07) is -1.21. The Balaban J connectivity index is 5.58. The Hall–Kier alpha value is -3.58. The number of esters is 2. The standard InChI is InChI=1S/C55H104N4O18/c1-3-5-7-9-11-13-15-17-19-21-23-25-37-76-46(66)32-29-41(55(75)77-38-26-24-22-20-18-16-14-12-10-8-6-4-2)58-44(64)30-31-45(65)59(35-27-33-56-53(73)51(71)49(69)47(67)42(62)39-60)36-28-34-57-54(74)52(72)50(70)48(68)43(63)40-61/h41-43,47-52,60-63,67-72H,3-40H2,1-2H3,(H,56,73)(H,57,74)(H,58,64)/t41?,42-,43-,47-,48-,49+,50+,51-,52-/m1/s1. The lowest BCUT2D eigenvalue weighted by molar-refractivity contribution is -0.150. The van der Waals surface area contributed by atoms with Gasteiger partial charge in [0.25, 0.3) is 11.8 Å². The van der Waals surface area contributed by atoms with E-state index in [1.54, 1.807) is 0 Å². The first-order chi connectivity index (χ1) is 37.0. The molecule has 0 radical (unpaired) electrons. The number of aliphatic hydroxyl groups is 10. The number of hydrogen-bond acceptors (Lipinski definition) is 18. The monoisotopic (exact) mass is 1110 g/mol. The molecule has 77 heavy (non-hydrogen) atoms. The topological polar surface area (TPSA) is 363 Å². The predicted octanol–water partition coefficient (Wildman–Crippen LogP) is 2.23. The molecule has 0 aromatic heterocycles. The van der Waals surface area contributed by atoms with E-state index in [9.17, 15) is 69.6 Å². The molecule has 0 aliphatic carbocycles. The number of nitrogens with zero attached hydrogens (tertiary/aromatic N) is 1. The second-order valence-corrected chi connectivity index (χ2v) is 20.3. The Morgan fingerprint density at radius 3 is 1.18 bits per heavy atom. The molecule has 1 unspecified atom stereocenters. The van der Waals surface area contributed by atoms with Gasteiger partial charge in [-0.3, -0.25) is 24.0 Å². The van der Waals surface area contributed by atoms with Crippen LogP contribution in [0.2, 0.25) is 0 Å². The molecule has 0 aliphatic rings. The highest BCUT2D eigenvalue weighted by Crippen LogP contribution is 2.15. The molecule has 452 valence electrons. The summed E-state index contributed by atoms with van der Waals surface area (Å²) >= 11 is 0. The molecule has 13 N–H and O–H groups in total. The van der Waals surface area contributed by atoms with Gasteiger partial charge in [0.2, 0.25) is 11.8 Å². The summed E-state index contributed by atoms with van der Waals surface area (Å²) < 4.78 is 11.0. The van der Waals surface area contributed by atoms with Crippen molar-refractivity contribution in [3.05, 3.63) is 0 Å². The summed E-state index contributed by atoms with van der Waals surface area (Å²) in [5, 5.41) is 105. The van der Waals surface area contributed by atoms with Gasteiger partial charge in [0.05, 0.1) is 26.4 Å².